The maximum atomic E-state index is 5.50. The molecule has 0 bridgehead atoms. The molecule has 0 aliphatic heterocycles. The standard InChI is InChI=1S/C11H15N3OS/c1-3-15-9(2)11-13-10(8-16-11)7-14-6-4-5-12-14/h4-6,8-9H,3,7H2,1-2H3/t9-/m0/s1. The van der Waals surface area contributed by atoms with Gasteiger partial charge in [-0.1, -0.05) is 0 Å². The van der Waals surface area contributed by atoms with Crippen molar-refractivity contribution in [2.75, 3.05) is 6.61 Å². The van der Waals surface area contributed by atoms with Gasteiger partial charge in [-0.25, -0.2) is 4.98 Å². The summed E-state index contributed by atoms with van der Waals surface area (Å²) in [4.78, 5) is 4.54. The Morgan fingerprint density at radius 3 is 3.12 bits per heavy atom. The fourth-order valence-electron chi connectivity index (χ4n) is 1.46. The second-order valence-corrected chi connectivity index (χ2v) is 4.37. The van der Waals surface area contributed by atoms with Crippen molar-refractivity contribution in [3.8, 4) is 0 Å². The number of thiazole rings is 1. The SMILES string of the molecule is CCO[C@@H](C)c1nc(Cn2cccn2)cs1. The van der Waals surface area contributed by atoms with Crippen LogP contribution in [0.5, 0.6) is 0 Å². The lowest BCUT2D eigenvalue weighted by molar-refractivity contribution is 0.0761. The molecular formula is C11H15N3OS. The van der Waals surface area contributed by atoms with Crippen molar-refractivity contribution in [2.24, 2.45) is 0 Å². The van der Waals surface area contributed by atoms with Crippen LogP contribution in [0.1, 0.15) is 30.7 Å². The Morgan fingerprint density at radius 2 is 2.44 bits per heavy atom. The second kappa shape index (κ2) is 5.23. The van der Waals surface area contributed by atoms with Crippen LogP contribution in [0.25, 0.3) is 0 Å². The van der Waals surface area contributed by atoms with E-state index >= 15 is 0 Å². The number of nitrogens with zero attached hydrogens (tertiary/aromatic N) is 3. The van der Waals surface area contributed by atoms with E-state index in [1.165, 1.54) is 0 Å². The molecule has 1 atom stereocenters. The topological polar surface area (TPSA) is 39.9 Å². The number of hydrogen-bond donors (Lipinski definition) is 0. The van der Waals surface area contributed by atoms with Crippen LogP contribution in [0.2, 0.25) is 0 Å². The minimum Gasteiger partial charge on any atom is -0.372 e. The Bertz CT molecular complexity index is 424. The van der Waals surface area contributed by atoms with Crippen LogP contribution < -0.4 is 0 Å². The van der Waals surface area contributed by atoms with Crippen LogP contribution in [0.15, 0.2) is 23.8 Å². The van der Waals surface area contributed by atoms with Gasteiger partial charge in [0.15, 0.2) is 0 Å². The normalized spacial score (nSPS) is 12.9. The number of hydrogen-bond acceptors (Lipinski definition) is 4. The highest BCUT2D eigenvalue weighted by Crippen LogP contribution is 2.21. The number of ether oxygens (including phenoxy) is 1. The van der Waals surface area contributed by atoms with Crippen LogP contribution in [0, 0.1) is 0 Å². The van der Waals surface area contributed by atoms with Crippen molar-refractivity contribution >= 4 is 11.3 Å². The van der Waals surface area contributed by atoms with Gasteiger partial charge in [-0.3, -0.25) is 4.68 Å². The zero-order chi connectivity index (χ0) is 11.4. The largest absolute Gasteiger partial charge is 0.372 e. The van der Waals surface area contributed by atoms with E-state index in [2.05, 4.69) is 15.5 Å². The highest BCUT2D eigenvalue weighted by molar-refractivity contribution is 7.09. The molecule has 0 aliphatic carbocycles. The summed E-state index contributed by atoms with van der Waals surface area (Å²) in [5.74, 6) is 0. The maximum absolute atomic E-state index is 5.50. The van der Waals surface area contributed by atoms with Gasteiger partial charge in [-0.15, -0.1) is 11.3 Å². The Kier molecular flexibility index (Phi) is 3.69. The highest BCUT2D eigenvalue weighted by atomic mass is 32.1. The number of rotatable bonds is 5. The van der Waals surface area contributed by atoms with Crippen molar-refractivity contribution in [2.45, 2.75) is 26.5 Å². The predicted molar refractivity (Wildman–Crippen MR) is 63.5 cm³/mol. The van der Waals surface area contributed by atoms with E-state index in [4.69, 9.17) is 4.74 Å². The molecule has 0 unspecified atom stereocenters. The molecule has 2 rings (SSSR count). The Morgan fingerprint density at radius 1 is 1.56 bits per heavy atom. The summed E-state index contributed by atoms with van der Waals surface area (Å²) in [7, 11) is 0. The fourth-order valence-corrected chi connectivity index (χ4v) is 2.28. The van der Waals surface area contributed by atoms with Crippen molar-refractivity contribution in [1.82, 2.24) is 14.8 Å². The predicted octanol–water partition coefficient (Wildman–Crippen LogP) is 2.49. The molecule has 2 heterocycles. The lowest BCUT2D eigenvalue weighted by Crippen LogP contribution is -2.02. The third-order valence-corrected chi connectivity index (χ3v) is 3.27. The fraction of sp³-hybridized carbons (Fsp3) is 0.455. The molecule has 0 fully saturated rings. The Balaban J connectivity index is 2.02. The second-order valence-electron chi connectivity index (χ2n) is 3.48. The first-order valence-corrected chi connectivity index (χ1v) is 6.21. The molecule has 4 nitrogen and oxygen atoms in total. The molecule has 0 N–H and O–H groups in total. The smallest absolute Gasteiger partial charge is 0.122 e. The van der Waals surface area contributed by atoms with E-state index in [-0.39, 0.29) is 6.10 Å². The summed E-state index contributed by atoms with van der Waals surface area (Å²) in [6.07, 6.45) is 3.79. The molecule has 0 aliphatic rings. The van der Waals surface area contributed by atoms with Gasteiger partial charge >= 0.3 is 0 Å². The minimum atomic E-state index is 0.0846. The molecule has 0 saturated carbocycles. The molecule has 0 saturated heterocycles. The zero-order valence-corrected chi connectivity index (χ0v) is 10.3. The molecule has 0 radical (unpaired) electrons. The molecule has 0 amide bonds. The van der Waals surface area contributed by atoms with Gasteiger partial charge in [0.1, 0.15) is 11.1 Å². The maximum Gasteiger partial charge on any atom is 0.122 e. The molecule has 2 aromatic rings. The van der Waals surface area contributed by atoms with Gasteiger partial charge in [0.05, 0.1) is 12.2 Å². The first kappa shape index (κ1) is 11.3. The summed E-state index contributed by atoms with van der Waals surface area (Å²) in [5.41, 5.74) is 1.04. The van der Waals surface area contributed by atoms with Gasteiger partial charge in [-0.2, -0.15) is 5.10 Å². The lowest BCUT2D eigenvalue weighted by Gasteiger charge is -2.06. The average Bonchev–Trinajstić information content (AvgIpc) is 2.90. The minimum absolute atomic E-state index is 0.0846. The molecule has 0 spiro atoms. The molecule has 16 heavy (non-hydrogen) atoms. The Labute approximate surface area is 98.9 Å². The first-order valence-electron chi connectivity index (χ1n) is 5.33. The van der Waals surface area contributed by atoms with Crippen molar-refractivity contribution in [1.29, 1.82) is 0 Å². The van der Waals surface area contributed by atoms with Crippen LogP contribution in [0.4, 0.5) is 0 Å². The van der Waals surface area contributed by atoms with E-state index in [1.54, 1.807) is 17.5 Å². The first-order chi connectivity index (χ1) is 7.79. The van der Waals surface area contributed by atoms with Crippen molar-refractivity contribution in [3.63, 3.8) is 0 Å². The van der Waals surface area contributed by atoms with E-state index in [9.17, 15) is 0 Å². The van der Waals surface area contributed by atoms with Crippen LogP contribution in [-0.2, 0) is 11.3 Å². The molecule has 0 aromatic carbocycles. The van der Waals surface area contributed by atoms with Gasteiger partial charge in [0.2, 0.25) is 0 Å². The van der Waals surface area contributed by atoms with Crippen LogP contribution in [0.3, 0.4) is 0 Å². The molecular weight excluding hydrogens is 222 g/mol. The summed E-state index contributed by atoms with van der Waals surface area (Å²) >= 11 is 1.64. The summed E-state index contributed by atoms with van der Waals surface area (Å²) in [6, 6.07) is 1.91. The molecule has 2 aromatic heterocycles. The quantitative estimate of drug-likeness (QED) is 0.802. The lowest BCUT2D eigenvalue weighted by atomic mass is 10.4. The number of aromatic nitrogens is 3. The van der Waals surface area contributed by atoms with Crippen molar-refractivity contribution in [3.05, 3.63) is 34.5 Å². The van der Waals surface area contributed by atoms with Crippen LogP contribution in [-0.4, -0.2) is 21.4 Å². The monoisotopic (exact) mass is 237 g/mol. The van der Waals surface area contributed by atoms with E-state index in [1.807, 2.05) is 30.8 Å². The summed E-state index contributed by atoms with van der Waals surface area (Å²) in [6.45, 7) is 5.46. The third kappa shape index (κ3) is 2.68. The van der Waals surface area contributed by atoms with Gasteiger partial charge in [0, 0.05) is 24.4 Å². The van der Waals surface area contributed by atoms with E-state index in [0.29, 0.717) is 0 Å². The third-order valence-electron chi connectivity index (χ3n) is 2.22. The highest BCUT2D eigenvalue weighted by Gasteiger charge is 2.10. The molecule has 5 heteroatoms. The van der Waals surface area contributed by atoms with Gasteiger partial charge in [0.25, 0.3) is 0 Å². The Hall–Kier alpha value is -1.20. The van der Waals surface area contributed by atoms with Crippen LogP contribution >= 0.6 is 11.3 Å². The summed E-state index contributed by atoms with van der Waals surface area (Å²) in [5, 5.41) is 7.25. The van der Waals surface area contributed by atoms with Crippen molar-refractivity contribution < 1.29 is 4.74 Å². The average molecular weight is 237 g/mol. The zero-order valence-electron chi connectivity index (χ0n) is 9.46. The van der Waals surface area contributed by atoms with E-state index < -0.39 is 0 Å². The van der Waals surface area contributed by atoms with E-state index in [0.717, 1.165) is 23.9 Å². The van der Waals surface area contributed by atoms with Gasteiger partial charge in [-0.05, 0) is 19.9 Å². The summed E-state index contributed by atoms with van der Waals surface area (Å²) < 4.78 is 7.37. The van der Waals surface area contributed by atoms with Gasteiger partial charge < -0.3 is 4.74 Å². The molecule has 86 valence electrons.